The van der Waals surface area contributed by atoms with Crippen LogP contribution in [0.4, 0.5) is 5.82 Å². The van der Waals surface area contributed by atoms with E-state index in [9.17, 15) is 4.79 Å². The molecule has 16 heavy (non-hydrogen) atoms. The van der Waals surface area contributed by atoms with Crippen molar-refractivity contribution in [2.24, 2.45) is 5.84 Å². The molecule has 0 saturated heterocycles. The Morgan fingerprint density at radius 2 is 2.31 bits per heavy atom. The molecular formula is C10H15ClN4O. The fraction of sp³-hybridized carbons (Fsp3) is 0.400. The second kappa shape index (κ2) is 6.30. The van der Waals surface area contributed by atoms with E-state index < -0.39 is 0 Å². The third-order valence-electron chi connectivity index (χ3n) is 2.02. The number of nitrogens with one attached hydrogen (secondary N) is 2. The minimum atomic E-state index is -0.282. The van der Waals surface area contributed by atoms with Crippen molar-refractivity contribution in [1.29, 1.82) is 0 Å². The molecule has 0 bridgehead atoms. The van der Waals surface area contributed by atoms with Gasteiger partial charge in [0.2, 0.25) is 0 Å². The second-order valence-corrected chi connectivity index (χ2v) is 3.69. The monoisotopic (exact) mass is 242 g/mol. The Labute approximate surface area is 99.4 Å². The molecule has 0 fully saturated rings. The molecule has 4 N–H and O–H groups in total. The second-order valence-electron chi connectivity index (χ2n) is 3.28. The van der Waals surface area contributed by atoms with Crippen molar-refractivity contribution in [3.05, 3.63) is 22.8 Å². The van der Waals surface area contributed by atoms with E-state index in [-0.39, 0.29) is 11.6 Å². The molecule has 1 aromatic rings. The lowest BCUT2D eigenvalue weighted by atomic mass is 10.3. The average molecular weight is 243 g/mol. The summed E-state index contributed by atoms with van der Waals surface area (Å²) in [6.45, 7) is 2.67. The van der Waals surface area contributed by atoms with E-state index in [1.165, 1.54) is 0 Å². The number of halogens is 1. The molecule has 0 spiro atoms. The van der Waals surface area contributed by atoms with Gasteiger partial charge in [-0.15, -0.1) is 0 Å². The first kappa shape index (κ1) is 12.7. The van der Waals surface area contributed by atoms with Gasteiger partial charge in [-0.3, -0.25) is 4.79 Å². The van der Waals surface area contributed by atoms with Crippen molar-refractivity contribution < 1.29 is 4.79 Å². The van der Waals surface area contributed by atoms with Crippen LogP contribution in [0.5, 0.6) is 0 Å². The smallest absolute Gasteiger partial charge is 0.271 e. The quantitative estimate of drug-likeness (QED) is 0.416. The van der Waals surface area contributed by atoms with Gasteiger partial charge in [0, 0.05) is 6.54 Å². The first-order chi connectivity index (χ1) is 7.69. The van der Waals surface area contributed by atoms with Gasteiger partial charge in [-0.25, -0.2) is 10.8 Å². The first-order valence-electron chi connectivity index (χ1n) is 5.10. The molecule has 1 rings (SSSR count). The van der Waals surface area contributed by atoms with Crippen molar-refractivity contribution in [2.45, 2.75) is 19.8 Å². The summed E-state index contributed by atoms with van der Waals surface area (Å²) in [5.41, 5.74) is 2.56. The van der Waals surface area contributed by atoms with E-state index in [2.05, 4.69) is 22.7 Å². The Morgan fingerprint density at radius 1 is 1.56 bits per heavy atom. The summed E-state index contributed by atoms with van der Waals surface area (Å²) in [4.78, 5) is 15.7. The molecule has 0 aliphatic rings. The van der Waals surface area contributed by atoms with Crippen molar-refractivity contribution in [1.82, 2.24) is 10.3 Å². The molecule has 0 aliphatic carbocycles. The summed E-state index contributed by atoms with van der Waals surface area (Å²) in [5, 5.41) is 3.05. The van der Waals surface area contributed by atoms with Crippen molar-refractivity contribution in [2.75, 3.05) is 12.0 Å². The number of hydrazine groups is 1. The molecule has 0 unspecified atom stereocenters. The fourth-order valence-corrected chi connectivity index (χ4v) is 1.34. The van der Waals surface area contributed by atoms with Crippen LogP contribution < -0.4 is 16.6 Å². The average Bonchev–Trinajstić information content (AvgIpc) is 2.30. The zero-order chi connectivity index (χ0) is 12.0. The lowest BCUT2D eigenvalue weighted by Crippen LogP contribution is -2.26. The Kier molecular flexibility index (Phi) is 5.01. The predicted molar refractivity (Wildman–Crippen MR) is 64.3 cm³/mol. The number of carbonyl (C=O) groups excluding carboxylic acids is 1. The number of rotatable bonds is 5. The largest absolute Gasteiger partial charge is 0.351 e. The number of hydrogen-bond donors (Lipinski definition) is 3. The molecule has 6 heteroatoms. The Hall–Kier alpha value is -1.33. The number of anilines is 1. The number of unbranched alkanes of at least 4 members (excludes halogenated alkanes) is 1. The summed E-state index contributed by atoms with van der Waals surface area (Å²) in [7, 11) is 0. The molecule has 0 atom stereocenters. The molecule has 1 heterocycles. The molecule has 0 radical (unpaired) electrons. The lowest BCUT2D eigenvalue weighted by molar-refractivity contribution is 0.0948. The number of hydrogen-bond acceptors (Lipinski definition) is 4. The Balaban J connectivity index is 2.73. The van der Waals surface area contributed by atoms with Crippen LogP contribution in [0.2, 0.25) is 5.02 Å². The highest BCUT2D eigenvalue weighted by molar-refractivity contribution is 6.33. The SMILES string of the molecule is CCCCNC(=O)c1nc(NN)ccc1Cl. The minimum Gasteiger partial charge on any atom is -0.351 e. The van der Waals surface area contributed by atoms with Gasteiger partial charge in [-0.05, 0) is 18.6 Å². The maximum absolute atomic E-state index is 11.7. The number of nitrogens with zero attached hydrogens (tertiary/aromatic N) is 1. The van der Waals surface area contributed by atoms with Gasteiger partial charge in [0.05, 0.1) is 5.02 Å². The number of amides is 1. The topological polar surface area (TPSA) is 80.0 Å². The minimum absolute atomic E-state index is 0.188. The van der Waals surface area contributed by atoms with Crippen LogP contribution in [0.3, 0.4) is 0 Å². The Bertz CT molecular complexity index is 370. The summed E-state index contributed by atoms with van der Waals surface area (Å²) < 4.78 is 0. The molecule has 1 amide bonds. The van der Waals surface area contributed by atoms with Gasteiger partial charge in [0.25, 0.3) is 5.91 Å². The van der Waals surface area contributed by atoms with Crippen LogP contribution in [-0.2, 0) is 0 Å². The van der Waals surface area contributed by atoms with Crippen LogP contribution in [0.15, 0.2) is 12.1 Å². The van der Waals surface area contributed by atoms with Gasteiger partial charge in [-0.2, -0.15) is 0 Å². The molecule has 0 saturated carbocycles. The highest BCUT2D eigenvalue weighted by atomic mass is 35.5. The highest BCUT2D eigenvalue weighted by Crippen LogP contribution is 2.15. The summed E-state index contributed by atoms with van der Waals surface area (Å²) >= 11 is 5.87. The number of carbonyl (C=O) groups is 1. The van der Waals surface area contributed by atoms with Gasteiger partial charge < -0.3 is 10.7 Å². The van der Waals surface area contributed by atoms with Crippen molar-refractivity contribution in [3.8, 4) is 0 Å². The van der Waals surface area contributed by atoms with E-state index in [0.29, 0.717) is 17.4 Å². The Morgan fingerprint density at radius 3 is 2.94 bits per heavy atom. The van der Waals surface area contributed by atoms with E-state index in [1.54, 1.807) is 12.1 Å². The van der Waals surface area contributed by atoms with Crippen LogP contribution in [0.25, 0.3) is 0 Å². The zero-order valence-corrected chi connectivity index (χ0v) is 9.84. The summed E-state index contributed by atoms with van der Waals surface area (Å²) in [6, 6.07) is 3.18. The summed E-state index contributed by atoms with van der Waals surface area (Å²) in [5.74, 6) is 5.33. The molecular weight excluding hydrogens is 228 g/mol. The standard InChI is InChI=1S/C10H15ClN4O/c1-2-3-6-13-10(16)9-7(11)4-5-8(14-9)15-12/h4-5H,2-3,6,12H2,1H3,(H,13,16)(H,14,15). The summed E-state index contributed by atoms with van der Waals surface area (Å²) in [6.07, 6.45) is 1.95. The van der Waals surface area contributed by atoms with Crippen molar-refractivity contribution >= 4 is 23.3 Å². The van der Waals surface area contributed by atoms with Crippen LogP contribution >= 0.6 is 11.6 Å². The zero-order valence-electron chi connectivity index (χ0n) is 9.09. The van der Waals surface area contributed by atoms with Gasteiger partial charge in [0.1, 0.15) is 11.5 Å². The van der Waals surface area contributed by atoms with E-state index in [4.69, 9.17) is 17.4 Å². The normalized spacial score (nSPS) is 9.94. The van der Waals surface area contributed by atoms with Crippen LogP contribution in [0, 0.1) is 0 Å². The predicted octanol–water partition coefficient (Wildman–Crippen LogP) is 1.55. The number of pyridine rings is 1. The number of aromatic nitrogens is 1. The molecule has 0 aliphatic heterocycles. The molecule has 88 valence electrons. The van der Waals surface area contributed by atoms with Gasteiger partial charge >= 0.3 is 0 Å². The number of nitrogens with two attached hydrogens (primary N) is 1. The van der Waals surface area contributed by atoms with E-state index in [0.717, 1.165) is 12.8 Å². The van der Waals surface area contributed by atoms with E-state index in [1.807, 2.05) is 0 Å². The highest BCUT2D eigenvalue weighted by Gasteiger charge is 2.12. The van der Waals surface area contributed by atoms with Crippen LogP contribution in [0.1, 0.15) is 30.3 Å². The number of nitrogen functional groups attached to an aromatic ring is 1. The third-order valence-corrected chi connectivity index (χ3v) is 2.33. The molecule has 0 aromatic carbocycles. The molecule has 1 aromatic heterocycles. The third kappa shape index (κ3) is 3.36. The first-order valence-corrected chi connectivity index (χ1v) is 5.48. The van der Waals surface area contributed by atoms with Gasteiger partial charge in [-0.1, -0.05) is 24.9 Å². The van der Waals surface area contributed by atoms with Crippen molar-refractivity contribution in [3.63, 3.8) is 0 Å². The fourth-order valence-electron chi connectivity index (χ4n) is 1.14. The maximum atomic E-state index is 11.7. The van der Waals surface area contributed by atoms with E-state index >= 15 is 0 Å². The lowest BCUT2D eigenvalue weighted by Gasteiger charge is -2.07. The maximum Gasteiger partial charge on any atom is 0.271 e. The van der Waals surface area contributed by atoms with Crippen LogP contribution in [-0.4, -0.2) is 17.4 Å². The molecule has 5 nitrogen and oxygen atoms in total. The van der Waals surface area contributed by atoms with Gasteiger partial charge in [0.15, 0.2) is 0 Å².